The van der Waals surface area contributed by atoms with E-state index in [0.29, 0.717) is 36.3 Å². The molecule has 3 aromatic rings. The van der Waals surface area contributed by atoms with Gasteiger partial charge in [0.15, 0.2) is 0 Å². The van der Waals surface area contributed by atoms with Gasteiger partial charge in [-0.2, -0.15) is 13.2 Å². The van der Waals surface area contributed by atoms with Gasteiger partial charge >= 0.3 is 12.3 Å². The van der Waals surface area contributed by atoms with E-state index < -0.39 is 29.3 Å². The van der Waals surface area contributed by atoms with Gasteiger partial charge in [0.05, 0.1) is 36.2 Å². The number of rotatable bonds is 8. The number of aromatic nitrogens is 1. The summed E-state index contributed by atoms with van der Waals surface area (Å²) < 4.78 is 50.3. The summed E-state index contributed by atoms with van der Waals surface area (Å²) in [5.41, 5.74) is -1.56. The fourth-order valence-electron chi connectivity index (χ4n) is 5.67. The molecular formula is C32H32F3N3O5. The Bertz CT molecular complexity index is 1620. The van der Waals surface area contributed by atoms with Gasteiger partial charge in [0.2, 0.25) is 5.78 Å². The third-order valence-electron chi connectivity index (χ3n) is 8.00. The number of pyridine rings is 1. The second-order valence-electron chi connectivity index (χ2n) is 11.1. The average Bonchev–Trinajstić information content (AvgIpc) is 3.42. The Kier molecular flexibility index (Phi) is 8.55. The van der Waals surface area contributed by atoms with E-state index in [0.717, 1.165) is 17.7 Å². The summed E-state index contributed by atoms with van der Waals surface area (Å²) >= 11 is 0. The van der Waals surface area contributed by atoms with Gasteiger partial charge in [0.1, 0.15) is 23.7 Å². The van der Waals surface area contributed by atoms with Crippen LogP contribution in [0.2, 0.25) is 0 Å². The molecule has 2 heterocycles. The summed E-state index contributed by atoms with van der Waals surface area (Å²) in [6.45, 7) is 0.296. The fourth-order valence-corrected chi connectivity index (χ4v) is 5.67. The summed E-state index contributed by atoms with van der Waals surface area (Å²) in [5, 5.41) is 12.5. The standard InChI is InChI=1S/C32H32F3N3O5/c1-38(30(40)43-18-20-7-4-3-5-8-20)19-31(41)13-11-21(12-14-31)25-16-22-15-23(27(42-2)17-26(22)36-25)29(39)24-9-6-10-28(37-24)32(33,34)35/h3-10,15-17,21,25,41H,11-14,18-19H2,1-2H3. The largest absolute Gasteiger partial charge is 0.496 e. The number of alkyl halides is 3. The molecule has 1 N–H and O–H groups in total. The smallest absolute Gasteiger partial charge is 0.433 e. The second-order valence-corrected chi connectivity index (χ2v) is 11.1. The van der Waals surface area contributed by atoms with Gasteiger partial charge in [-0.1, -0.05) is 42.5 Å². The number of carbonyl (C=O) groups excluding carboxylic acids is 2. The summed E-state index contributed by atoms with van der Waals surface area (Å²) in [6.07, 6.45) is -0.970. The van der Waals surface area contributed by atoms with Crippen LogP contribution < -0.4 is 15.3 Å². The third kappa shape index (κ3) is 6.88. The van der Waals surface area contributed by atoms with E-state index in [1.165, 1.54) is 18.1 Å². The van der Waals surface area contributed by atoms with Crippen molar-refractivity contribution in [3.63, 3.8) is 0 Å². The van der Waals surface area contributed by atoms with Crippen molar-refractivity contribution in [1.29, 1.82) is 0 Å². The number of amides is 1. The first-order valence-electron chi connectivity index (χ1n) is 14.0. The lowest BCUT2D eigenvalue weighted by Gasteiger charge is -2.39. The number of fused-ring (bicyclic) bond motifs is 1. The van der Waals surface area contributed by atoms with Crippen molar-refractivity contribution < 1.29 is 37.3 Å². The second kappa shape index (κ2) is 12.2. The lowest BCUT2D eigenvalue weighted by atomic mass is 9.76. The number of nitrogens with zero attached hydrogens (tertiary/aromatic N) is 3. The van der Waals surface area contributed by atoms with E-state index in [2.05, 4.69) is 4.98 Å². The quantitative estimate of drug-likeness (QED) is 0.390. The number of ether oxygens (including phenoxy) is 2. The maximum absolute atomic E-state index is 13.2. The van der Waals surface area contributed by atoms with Gasteiger partial charge in [-0.3, -0.25) is 9.79 Å². The highest BCUT2D eigenvalue weighted by Gasteiger charge is 2.38. The number of methoxy groups -OCH3 is 1. The molecule has 1 aliphatic carbocycles. The molecule has 0 spiro atoms. The monoisotopic (exact) mass is 595 g/mol. The topological polar surface area (TPSA) is 101 Å². The van der Waals surface area contributed by atoms with E-state index in [9.17, 15) is 27.9 Å². The number of ketones is 1. The first kappa shape index (κ1) is 30.2. The van der Waals surface area contributed by atoms with Gasteiger partial charge in [-0.05, 0) is 60.6 Å². The molecule has 1 saturated carbocycles. The number of benzene rings is 2. The molecule has 2 aromatic carbocycles. The number of hydrogen-bond acceptors (Lipinski definition) is 7. The highest BCUT2D eigenvalue weighted by Crippen LogP contribution is 2.36. The number of carbonyl (C=O) groups is 2. The van der Waals surface area contributed by atoms with Crippen molar-refractivity contribution in [2.75, 3.05) is 20.7 Å². The van der Waals surface area contributed by atoms with E-state index >= 15 is 0 Å². The Morgan fingerprint density at radius 2 is 1.79 bits per heavy atom. The molecule has 5 rings (SSSR count). The molecule has 43 heavy (non-hydrogen) atoms. The Hall–Kier alpha value is -4.25. The van der Waals surface area contributed by atoms with Crippen molar-refractivity contribution >= 4 is 18.0 Å². The molecule has 1 fully saturated rings. The summed E-state index contributed by atoms with van der Waals surface area (Å²) in [7, 11) is 2.99. The Morgan fingerprint density at radius 1 is 1.07 bits per heavy atom. The minimum absolute atomic E-state index is 0.0976. The number of hydrogen-bond donors (Lipinski definition) is 1. The van der Waals surface area contributed by atoms with E-state index in [4.69, 9.17) is 14.5 Å². The van der Waals surface area contributed by atoms with Crippen LogP contribution in [0.3, 0.4) is 0 Å². The van der Waals surface area contributed by atoms with Crippen LogP contribution in [0.15, 0.2) is 65.7 Å². The van der Waals surface area contributed by atoms with Crippen molar-refractivity contribution in [3.05, 3.63) is 93.8 Å². The van der Waals surface area contributed by atoms with Crippen LogP contribution in [0.5, 0.6) is 5.75 Å². The molecule has 1 aromatic heterocycles. The van der Waals surface area contributed by atoms with Crippen LogP contribution in [0.4, 0.5) is 18.0 Å². The van der Waals surface area contributed by atoms with Gasteiger partial charge in [-0.15, -0.1) is 0 Å². The normalized spacial score (nSPS) is 21.3. The van der Waals surface area contributed by atoms with E-state index in [-0.39, 0.29) is 42.1 Å². The lowest BCUT2D eigenvalue weighted by Crippen LogP contribution is -2.47. The minimum Gasteiger partial charge on any atom is -0.496 e. The van der Waals surface area contributed by atoms with Crippen molar-refractivity contribution in [1.82, 2.24) is 9.88 Å². The highest BCUT2D eigenvalue weighted by molar-refractivity contribution is 6.09. The van der Waals surface area contributed by atoms with Gasteiger partial charge < -0.3 is 19.5 Å². The molecule has 8 nitrogen and oxygen atoms in total. The van der Waals surface area contributed by atoms with Crippen molar-refractivity contribution in [2.45, 2.75) is 50.1 Å². The molecule has 2 aliphatic rings. The van der Waals surface area contributed by atoms with E-state index in [1.807, 2.05) is 36.4 Å². The van der Waals surface area contributed by atoms with Gasteiger partial charge in [-0.25, -0.2) is 9.78 Å². The van der Waals surface area contributed by atoms with Crippen LogP contribution in [-0.4, -0.2) is 59.2 Å². The van der Waals surface area contributed by atoms with Gasteiger partial charge in [0.25, 0.3) is 0 Å². The molecule has 0 radical (unpaired) electrons. The number of aliphatic hydroxyl groups is 1. The molecular weight excluding hydrogens is 563 g/mol. The predicted molar refractivity (Wildman–Crippen MR) is 151 cm³/mol. The molecule has 0 bridgehead atoms. The SMILES string of the molecule is COc1cc2c(cc1C(=O)c1cccc(C(F)(F)F)n1)=CC(C1CCC(O)(CN(C)C(=O)OCc3ccccc3)CC1)N=2. The van der Waals surface area contributed by atoms with Crippen LogP contribution in [0.25, 0.3) is 6.08 Å². The molecule has 1 amide bonds. The molecule has 1 atom stereocenters. The van der Waals surface area contributed by atoms with Crippen molar-refractivity contribution in [2.24, 2.45) is 10.9 Å². The zero-order valence-corrected chi connectivity index (χ0v) is 23.8. The highest BCUT2D eigenvalue weighted by atomic mass is 19.4. The number of likely N-dealkylation sites (N-methyl/N-ethyl adjacent to an activating group) is 1. The Morgan fingerprint density at radius 3 is 2.47 bits per heavy atom. The number of halogens is 3. The zero-order chi connectivity index (χ0) is 30.8. The maximum atomic E-state index is 13.2. The lowest BCUT2D eigenvalue weighted by molar-refractivity contribution is -0.141. The summed E-state index contributed by atoms with van der Waals surface area (Å²) in [4.78, 5) is 35.4. The first-order chi connectivity index (χ1) is 20.5. The maximum Gasteiger partial charge on any atom is 0.433 e. The average molecular weight is 596 g/mol. The van der Waals surface area contributed by atoms with E-state index in [1.54, 1.807) is 19.2 Å². The Labute approximate surface area is 246 Å². The van der Waals surface area contributed by atoms with Crippen LogP contribution in [0.1, 0.15) is 53.0 Å². The summed E-state index contributed by atoms with van der Waals surface area (Å²) in [6, 6.07) is 15.6. The van der Waals surface area contributed by atoms with Crippen molar-refractivity contribution in [3.8, 4) is 5.75 Å². The first-order valence-corrected chi connectivity index (χ1v) is 14.0. The minimum atomic E-state index is -4.68. The third-order valence-corrected chi connectivity index (χ3v) is 8.00. The summed E-state index contributed by atoms with van der Waals surface area (Å²) in [5.74, 6) is -0.365. The molecule has 1 aliphatic heterocycles. The van der Waals surface area contributed by atoms with Crippen LogP contribution in [-0.2, 0) is 17.5 Å². The zero-order valence-electron chi connectivity index (χ0n) is 23.8. The molecule has 1 unspecified atom stereocenters. The van der Waals surface area contributed by atoms with Crippen LogP contribution >= 0.6 is 0 Å². The molecule has 226 valence electrons. The molecule has 11 heteroatoms. The fraction of sp³-hybridized carbons (Fsp3) is 0.375. The molecule has 0 saturated heterocycles. The van der Waals surface area contributed by atoms with Crippen LogP contribution in [0, 0.1) is 5.92 Å². The van der Waals surface area contributed by atoms with Gasteiger partial charge in [0, 0.05) is 13.1 Å². The predicted octanol–water partition coefficient (Wildman–Crippen LogP) is 4.31. The Balaban J connectivity index is 1.24.